The number of azo groups is 2. The lowest BCUT2D eigenvalue weighted by atomic mass is 10.2. The van der Waals surface area contributed by atoms with Gasteiger partial charge in [0.15, 0.2) is 5.16 Å². The molecule has 0 unspecified atom stereocenters. The minimum atomic E-state index is -4.42. The predicted octanol–water partition coefficient (Wildman–Crippen LogP) is 9.21. The molecule has 4 aromatic carbocycles. The molecule has 0 radical (unpaired) electrons. The molecule has 0 aliphatic heterocycles. The van der Waals surface area contributed by atoms with Gasteiger partial charge < -0.3 is 25.5 Å². The van der Waals surface area contributed by atoms with Crippen LogP contribution in [0.5, 0.6) is 0 Å². The summed E-state index contributed by atoms with van der Waals surface area (Å²) in [4.78, 5) is 18.1. The summed E-state index contributed by atoms with van der Waals surface area (Å²) >= 11 is 1.27. The van der Waals surface area contributed by atoms with E-state index >= 15 is 0 Å². The summed E-state index contributed by atoms with van der Waals surface area (Å²) in [5.74, 6) is 0.781. The highest BCUT2D eigenvalue weighted by atomic mass is 32.2. The number of benzene rings is 4. The van der Waals surface area contributed by atoms with Crippen LogP contribution < -0.4 is 20.4 Å². The maximum atomic E-state index is 11.7. The van der Waals surface area contributed by atoms with Gasteiger partial charge in [-0.1, -0.05) is 36.0 Å². The number of rotatable bonds is 18. The minimum Gasteiger partial charge on any atom is -0.396 e. The lowest BCUT2D eigenvalue weighted by Crippen LogP contribution is -2.21. The molecule has 5 aromatic rings. The van der Waals surface area contributed by atoms with Crippen LogP contribution in [0.4, 0.5) is 57.4 Å². The lowest BCUT2D eigenvalue weighted by molar-refractivity contribution is 0.322. The Balaban J connectivity index is 1.56. The van der Waals surface area contributed by atoms with Gasteiger partial charge in [0.1, 0.15) is 11.4 Å². The molecule has 282 valence electrons. The predicted molar refractivity (Wildman–Crippen MR) is 215 cm³/mol. The van der Waals surface area contributed by atoms with E-state index in [1.807, 2.05) is 60.7 Å². The summed E-state index contributed by atoms with van der Waals surface area (Å²) in [7, 11) is -4.42. The van der Waals surface area contributed by atoms with Gasteiger partial charge in [0.2, 0.25) is 11.9 Å². The van der Waals surface area contributed by atoms with Gasteiger partial charge in [-0.25, -0.2) is 0 Å². The van der Waals surface area contributed by atoms with Crippen LogP contribution in [0.1, 0.15) is 27.7 Å². The number of nitrogens with one attached hydrogen (secondary N) is 2. The quantitative estimate of drug-likeness (QED) is 0.0376. The summed E-state index contributed by atoms with van der Waals surface area (Å²) in [5, 5.41) is 34.3. The van der Waals surface area contributed by atoms with Gasteiger partial charge in [-0.05, 0) is 94.4 Å². The van der Waals surface area contributed by atoms with Crippen LogP contribution in [0.15, 0.2) is 122 Å². The fraction of sp³-hybridized carbons (Fsp3) is 0.270. The Morgan fingerprint density at radius 2 is 1.17 bits per heavy atom. The fourth-order valence-electron chi connectivity index (χ4n) is 5.33. The highest BCUT2D eigenvalue weighted by Crippen LogP contribution is 2.36. The Morgan fingerprint density at radius 1 is 0.648 bits per heavy atom. The second-order valence-corrected chi connectivity index (χ2v) is 14.0. The van der Waals surface area contributed by atoms with Gasteiger partial charge in [0.05, 0.1) is 34.3 Å². The molecule has 0 saturated heterocycles. The van der Waals surface area contributed by atoms with Crippen LogP contribution in [0.25, 0.3) is 0 Å². The fourth-order valence-corrected chi connectivity index (χ4v) is 6.42. The van der Waals surface area contributed by atoms with E-state index in [0.717, 1.165) is 37.6 Å². The Labute approximate surface area is 319 Å². The van der Waals surface area contributed by atoms with E-state index in [1.54, 1.807) is 12.1 Å². The molecule has 0 atom stereocenters. The number of hydrogen-bond donors (Lipinski definition) is 4. The Morgan fingerprint density at radius 3 is 1.67 bits per heavy atom. The molecular formula is C37H43N11O4S2. The second kappa shape index (κ2) is 19.0. The van der Waals surface area contributed by atoms with E-state index in [2.05, 4.69) is 78.6 Å². The summed E-state index contributed by atoms with van der Waals surface area (Å²) in [6.07, 6.45) is 0. The number of thioether (sulfide) groups is 1. The Hall–Kier alpha value is -5.49. The van der Waals surface area contributed by atoms with Crippen LogP contribution in [0, 0.1) is 0 Å². The lowest BCUT2D eigenvalue weighted by Gasteiger charge is -2.22. The molecular weight excluding hydrogens is 727 g/mol. The average Bonchev–Trinajstić information content (AvgIpc) is 3.17. The van der Waals surface area contributed by atoms with Crippen molar-refractivity contribution < 1.29 is 18.1 Å². The van der Waals surface area contributed by atoms with E-state index in [0.29, 0.717) is 39.3 Å². The Kier molecular flexibility index (Phi) is 14.0. The van der Waals surface area contributed by atoms with Crippen LogP contribution in [0.2, 0.25) is 0 Å². The summed E-state index contributed by atoms with van der Waals surface area (Å²) < 4.78 is 32.9. The van der Waals surface area contributed by atoms with Crippen molar-refractivity contribution in [3.63, 3.8) is 0 Å². The summed E-state index contributed by atoms with van der Waals surface area (Å²) in [6.45, 7) is 11.4. The first-order chi connectivity index (χ1) is 26.1. The van der Waals surface area contributed by atoms with E-state index in [-0.39, 0.29) is 29.1 Å². The van der Waals surface area contributed by atoms with Gasteiger partial charge in [-0.3, -0.25) is 4.55 Å². The van der Waals surface area contributed by atoms with Crippen LogP contribution in [-0.2, 0) is 10.1 Å². The molecule has 0 amide bonds. The largest absolute Gasteiger partial charge is 0.396 e. The van der Waals surface area contributed by atoms with Gasteiger partial charge in [0, 0.05) is 43.3 Å². The number of nitrogens with zero attached hydrogens (tertiary/aromatic N) is 9. The van der Waals surface area contributed by atoms with E-state index in [4.69, 9.17) is 4.98 Å². The normalized spacial score (nSPS) is 11.7. The molecule has 0 saturated carbocycles. The molecule has 1 aromatic heterocycles. The molecule has 5 rings (SSSR count). The van der Waals surface area contributed by atoms with Crippen molar-refractivity contribution in [1.82, 2.24) is 15.0 Å². The van der Waals surface area contributed by atoms with Crippen molar-refractivity contribution in [3.05, 3.63) is 91.0 Å². The van der Waals surface area contributed by atoms with Crippen molar-refractivity contribution in [2.45, 2.75) is 37.7 Å². The van der Waals surface area contributed by atoms with Gasteiger partial charge >= 0.3 is 0 Å². The molecule has 4 N–H and O–H groups in total. The number of anilines is 6. The molecule has 0 bridgehead atoms. The standard InChI is InChI=1S/C37H43N11O4S2/c1-5-47(6-2)28-17-19-31(45-43-26-13-10-9-11-14-26)33(24-28)38-35-40-36(42-37(41-35)53-22-21-49)39-34-25-29(48(7-3)8-4)18-20-32(34)46-44-27-15-12-16-30(23-27)54(50,51)52/h9-20,23-25,49H,5-8,21-22H2,1-4H3,(H,50,51,52)(H2,38,39,40,41,42)/b45-43+,46-44+. The molecule has 0 aliphatic rings. The van der Waals surface area contributed by atoms with E-state index in [9.17, 15) is 18.1 Å². The minimum absolute atomic E-state index is 0.0764. The van der Waals surface area contributed by atoms with Gasteiger partial charge in [-0.15, -0.1) is 10.2 Å². The van der Waals surface area contributed by atoms with Gasteiger partial charge in [-0.2, -0.15) is 33.6 Å². The molecule has 0 fully saturated rings. The number of aromatic nitrogens is 3. The zero-order valence-electron chi connectivity index (χ0n) is 30.5. The van der Waals surface area contributed by atoms with Crippen LogP contribution in [-0.4, -0.2) is 71.6 Å². The van der Waals surface area contributed by atoms with Crippen molar-refractivity contribution in [1.29, 1.82) is 0 Å². The molecule has 15 nitrogen and oxygen atoms in total. The van der Waals surface area contributed by atoms with E-state index in [1.165, 1.54) is 30.0 Å². The highest BCUT2D eigenvalue weighted by molar-refractivity contribution is 7.99. The van der Waals surface area contributed by atoms with Gasteiger partial charge in [0.25, 0.3) is 10.1 Å². The smallest absolute Gasteiger partial charge is 0.294 e. The average molecular weight is 770 g/mol. The highest BCUT2D eigenvalue weighted by Gasteiger charge is 2.16. The maximum Gasteiger partial charge on any atom is 0.294 e. The molecule has 0 spiro atoms. The third-order valence-corrected chi connectivity index (χ3v) is 9.74. The number of aliphatic hydroxyl groups excluding tert-OH is 1. The Bertz CT molecular complexity index is 2180. The first-order valence-corrected chi connectivity index (χ1v) is 19.8. The zero-order chi connectivity index (χ0) is 38.5. The van der Waals surface area contributed by atoms with Crippen molar-refractivity contribution in [2.24, 2.45) is 20.5 Å². The number of aliphatic hydroxyl groups is 1. The monoisotopic (exact) mass is 769 g/mol. The second-order valence-electron chi connectivity index (χ2n) is 11.5. The SMILES string of the molecule is CCN(CC)c1ccc(/N=N/c2ccccc2)c(Nc2nc(Nc3cc(N(CC)CC)ccc3/N=N/c3cccc(S(=O)(=O)O)c3)nc(SCCO)n2)c1. The maximum absolute atomic E-state index is 11.7. The van der Waals surface area contributed by atoms with Crippen LogP contribution >= 0.6 is 11.8 Å². The molecule has 54 heavy (non-hydrogen) atoms. The summed E-state index contributed by atoms with van der Waals surface area (Å²) in [5.41, 5.74) is 4.96. The third-order valence-electron chi connectivity index (χ3n) is 8.07. The van der Waals surface area contributed by atoms with Crippen molar-refractivity contribution in [2.75, 3.05) is 59.0 Å². The zero-order valence-corrected chi connectivity index (χ0v) is 32.1. The van der Waals surface area contributed by atoms with Crippen LogP contribution in [0.3, 0.4) is 0 Å². The molecule has 0 aliphatic carbocycles. The molecule has 17 heteroatoms. The van der Waals surface area contributed by atoms with Crippen molar-refractivity contribution in [3.8, 4) is 0 Å². The topological polar surface area (TPSA) is 193 Å². The summed E-state index contributed by atoms with van der Waals surface area (Å²) in [6, 6.07) is 26.5. The first kappa shape index (κ1) is 39.7. The van der Waals surface area contributed by atoms with E-state index < -0.39 is 10.1 Å². The third kappa shape index (κ3) is 10.8. The van der Waals surface area contributed by atoms with Crippen molar-refractivity contribution >= 4 is 79.3 Å². The molecule has 1 heterocycles. The number of hydrogen-bond acceptors (Lipinski definition) is 15. The first-order valence-electron chi connectivity index (χ1n) is 17.4.